The maximum Gasteiger partial charge on any atom is 0.306 e. The molecule has 2 rings (SSSR count). The fraction of sp³-hybridized carbons (Fsp3) is 0.133. The van der Waals surface area contributed by atoms with Crippen molar-refractivity contribution in [1.82, 2.24) is 9.97 Å². The van der Waals surface area contributed by atoms with Crippen molar-refractivity contribution in [2.24, 2.45) is 0 Å². The van der Waals surface area contributed by atoms with Gasteiger partial charge in [-0.2, -0.15) is 0 Å². The first kappa shape index (κ1) is 15.1. The third-order valence-electron chi connectivity index (χ3n) is 2.70. The van der Waals surface area contributed by atoms with E-state index in [0.717, 1.165) is 0 Å². The molecule has 2 aromatic heterocycles. The quantitative estimate of drug-likeness (QED) is 0.519. The molecular weight excluding hydrogens is 284 g/mol. The van der Waals surface area contributed by atoms with Crippen LogP contribution in [0.15, 0.2) is 30.6 Å². The van der Waals surface area contributed by atoms with E-state index in [1.165, 1.54) is 19.3 Å². The summed E-state index contributed by atoms with van der Waals surface area (Å²) in [5.74, 6) is 5.60. The van der Waals surface area contributed by atoms with Crippen LogP contribution in [0.25, 0.3) is 0 Å². The molecule has 7 heteroatoms. The van der Waals surface area contributed by atoms with Crippen molar-refractivity contribution in [1.29, 1.82) is 0 Å². The van der Waals surface area contributed by atoms with Gasteiger partial charge in [-0.1, -0.05) is 5.92 Å². The lowest BCUT2D eigenvalue weighted by Crippen LogP contribution is -2.07. The van der Waals surface area contributed by atoms with Gasteiger partial charge in [-0.25, -0.2) is 9.97 Å². The number of nitrogens with one attached hydrogen (secondary N) is 1. The Morgan fingerprint density at radius 1 is 1.27 bits per heavy atom. The van der Waals surface area contributed by atoms with E-state index >= 15 is 0 Å². The van der Waals surface area contributed by atoms with E-state index in [4.69, 9.17) is 0 Å². The summed E-state index contributed by atoms with van der Waals surface area (Å²) < 4.78 is 0. The highest BCUT2D eigenvalue weighted by molar-refractivity contribution is 5.87. The summed E-state index contributed by atoms with van der Waals surface area (Å²) in [4.78, 5) is 29.5. The van der Waals surface area contributed by atoms with Crippen LogP contribution >= 0.6 is 0 Å². The van der Waals surface area contributed by atoms with Crippen molar-refractivity contribution in [2.75, 3.05) is 5.32 Å². The summed E-state index contributed by atoms with van der Waals surface area (Å²) in [6.07, 6.45) is 2.97. The predicted molar refractivity (Wildman–Crippen MR) is 80.1 cm³/mol. The average molecular weight is 296 g/mol. The number of aromatic nitrogens is 2. The molecule has 0 bridgehead atoms. The topological polar surface area (TPSA) is 98.0 Å². The van der Waals surface area contributed by atoms with E-state index in [9.17, 15) is 14.9 Å². The first-order valence-corrected chi connectivity index (χ1v) is 6.33. The molecule has 0 aromatic carbocycles. The minimum atomic E-state index is -0.498. The normalized spacial score (nSPS) is 9.55. The summed E-state index contributed by atoms with van der Waals surface area (Å²) in [5.41, 5.74) is 1.06. The molecule has 0 spiro atoms. The van der Waals surface area contributed by atoms with E-state index in [1.807, 2.05) is 0 Å². The molecule has 0 saturated heterocycles. The van der Waals surface area contributed by atoms with Gasteiger partial charge in [0.15, 0.2) is 5.69 Å². The van der Waals surface area contributed by atoms with Gasteiger partial charge in [-0.05, 0) is 31.0 Å². The van der Waals surface area contributed by atoms with Crippen LogP contribution in [0, 0.1) is 28.9 Å². The highest BCUT2D eigenvalue weighted by Gasteiger charge is 2.16. The van der Waals surface area contributed by atoms with Gasteiger partial charge in [0.05, 0.1) is 4.92 Å². The maximum atomic E-state index is 11.1. The standard InChI is InChI=1S/C15H12N4O3/c1-10-5-7-16-13(15(10)19(21)22)4-3-12-6-8-17-14(9-12)18-11(2)20/h5-9H,1-2H3,(H,17,18,20). The van der Waals surface area contributed by atoms with Crippen LogP contribution in [0.4, 0.5) is 11.5 Å². The van der Waals surface area contributed by atoms with Crippen molar-refractivity contribution in [3.8, 4) is 11.8 Å². The fourth-order valence-corrected chi connectivity index (χ4v) is 1.76. The zero-order valence-electron chi connectivity index (χ0n) is 12.0. The Hall–Kier alpha value is -3.27. The second-order valence-electron chi connectivity index (χ2n) is 4.44. The van der Waals surface area contributed by atoms with Crippen LogP contribution in [0.3, 0.4) is 0 Å². The number of anilines is 1. The third kappa shape index (κ3) is 3.64. The molecule has 1 N–H and O–H groups in total. The molecule has 2 aromatic rings. The van der Waals surface area contributed by atoms with Crippen LogP contribution in [0.5, 0.6) is 0 Å². The molecule has 1 amide bonds. The number of nitrogens with zero attached hydrogens (tertiary/aromatic N) is 3. The molecule has 0 unspecified atom stereocenters. The van der Waals surface area contributed by atoms with Crippen molar-refractivity contribution in [2.45, 2.75) is 13.8 Å². The van der Waals surface area contributed by atoms with E-state index in [2.05, 4.69) is 27.1 Å². The van der Waals surface area contributed by atoms with Gasteiger partial charge in [0, 0.05) is 30.4 Å². The van der Waals surface area contributed by atoms with Gasteiger partial charge in [-0.15, -0.1) is 0 Å². The SMILES string of the molecule is CC(=O)Nc1cc(C#Cc2nccc(C)c2[N+](=O)[O-])ccn1. The molecule has 0 aliphatic carbocycles. The summed E-state index contributed by atoms with van der Waals surface area (Å²) >= 11 is 0. The van der Waals surface area contributed by atoms with Gasteiger partial charge in [0.1, 0.15) is 5.82 Å². The zero-order valence-corrected chi connectivity index (χ0v) is 12.0. The minimum absolute atomic E-state index is 0.0999. The number of nitro groups is 1. The van der Waals surface area contributed by atoms with E-state index in [-0.39, 0.29) is 17.3 Å². The van der Waals surface area contributed by atoms with Crippen LogP contribution < -0.4 is 5.32 Å². The molecular formula is C15H12N4O3. The monoisotopic (exact) mass is 296 g/mol. The van der Waals surface area contributed by atoms with Gasteiger partial charge >= 0.3 is 5.69 Å². The molecule has 0 fully saturated rings. The number of hydrogen-bond acceptors (Lipinski definition) is 5. The summed E-state index contributed by atoms with van der Waals surface area (Å²) in [6.45, 7) is 3.01. The van der Waals surface area contributed by atoms with Crippen molar-refractivity contribution < 1.29 is 9.72 Å². The number of carbonyl (C=O) groups excluding carboxylic acids is 1. The van der Waals surface area contributed by atoms with Crippen LogP contribution in [0.2, 0.25) is 0 Å². The van der Waals surface area contributed by atoms with E-state index in [1.54, 1.807) is 25.1 Å². The Balaban J connectivity index is 2.37. The van der Waals surface area contributed by atoms with Crippen molar-refractivity contribution >= 4 is 17.4 Å². The second kappa shape index (κ2) is 6.45. The first-order valence-electron chi connectivity index (χ1n) is 6.33. The molecule has 7 nitrogen and oxygen atoms in total. The zero-order chi connectivity index (χ0) is 16.1. The second-order valence-corrected chi connectivity index (χ2v) is 4.44. The fourth-order valence-electron chi connectivity index (χ4n) is 1.76. The van der Waals surface area contributed by atoms with E-state index < -0.39 is 4.92 Å². The van der Waals surface area contributed by atoms with Crippen LogP contribution in [0.1, 0.15) is 23.7 Å². The lowest BCUT2D eigenvalue weighted by Gasteiger charge is -2.00. The highest BCUT2D eigenvalue weighted by Crippen LogP contribution is 2.20. The number of aryl methyl sites for hydroxylation is 1. The van der Waals surface area contributed by atoms with Gasteiger partial charge in [0.2, 0.25) is 5.91 Å². The Morgan fingerprint density at radius 3 is 2.68 bits per heavy atom. The minimum Gasteiger partial charge on any atom is -0.311 e. The smallest absolute Gasteiger partial charge is 0.306 e. The number of pyridine rings is 2. The summed E-state index contributed by atoms with van der Waals surface area (Å²) in [5, 5.41) is 13.6. The van der Waals surface area contributed by atoms with Gasteiger partial charge < -0.3 is 5.32 Å². The Morgan fingerprint density at radius 2 is 2.00 bits per heavy atom. The maximum absolute atomic E-state index is 11.1. The molecule has 2 heterocycles. The van der Waals surface area contributed by atoms with Gasteiger partial charge in [0.25, 0.3) is 0 Å². The number of carbonyl (C=O) groups is 1. The molecule has 0 atom stereocenters. The molecule has 0 aliphatic rings. The summed E-state index contributed by atoms with van der Waals surface area (Å²) in [7, 11) is 0. The lowest BCUT2D eigenvalue weighted by atomic mass is 10.2. The highest BCUT2D eigenvalue weighted by atomic mass is 16.6. The predicted octanol–water partition coefficient (Wildman–Crippen LogP) is 2.05. The Kier molecular flexibility index (Phi) is 4.44. The van der Waals surface area contributed by atoms with E-state index in [0.29, 0.717) is 16.9 Å². The summed E-state index contributed by atoms with van der Waals surface area (Å²) in [6, 6.07) is 4.78. The molecule has 110 valence electrons. The molecule has 0 saturated carbocycles. The third-order valence-corrected chi connectivity index (χ3v) is 2.70. The van der Waals surface area contributed by atoms with Crippen molar-refractivity contribution in [3.63, 3.8) is 0 Å². The number of rotatable bonds is 2. The van der Waals surface area contributed by atoms with Gasteiger partial charge in [-0.3, -0.25) is 14.9 Å². The van der Waals surface area contributed by atoms with Crippen LogP contribution in [-0.2, 0) is 4.79 Å². The molecule has 22 heavy (non-hydrogen) atoms. The Bertz CT molecular complexity index is 806. The average Bonchev–Trinajstić information content (AvgIpc) is 2.44. The number of hydrogen-bond donors (Lipinski definition) is 1. The first-order chi connectivity index (χ1) is 10.5. The largest absolute Gasteiger partial charge is 0.311 e. The molecule has 0 aliphatic heterocycles. The molecule has 0 radical (unpaired) electrons. The van der Waals surface area contributed by atoms with Crippen molar-refractivity contribution in [3.05, 3.63) is 57.5 Å². The number of amides is 1. The van der Waals surface area contributed by atoms with Crippen LogP contribution in [-0.4, -0.2) is 20.8 Å². The lowest BCUT2D eigenvalue weighted by molar-refractivity contribution is -0.386. The Labute approximate surface area is 126 Å².